The van der Waals surface area contributed by atoms with Crippen molar-refractivity contribution in [2.75, 3.05) is 39.4 Å². The minimum Gasteiger partial charge on any atom is -0.494 e. The molecule has 0 aromatic heterocycles. The van der Waals surface area contributed by atoms with E-state index in [1.165, 1.54) is 4.31 Å². The molecule has 168 valence electrons. The number of hydrogen-bond acceptors (Lipinski definition) is 5. The van der Waals surface area contributed by atoms with Crippen LogP contribution in [0.4, 0.5) is 0 Å². The van der Waals surface area contributed by atoms with Crippen molar-refractivity contribution in [3.8, 4) is 11.5 Å². The Labute approximate surface area is 188 Å². The fourth-order valence-electron chi connectivity index (χ4n) is 3.69. The van der Waals surface area contributed by atoms with Crippen LogP contribution in [-0.2, 0) is 14.8 Å². The van der Waals surface area contributed by atoms with E-state index in [1.54, 1.807) is 41.3 Å². The van der Waals surface area contributed by atoms with Crippen LogP contribution in [0.2, 0.25) is 0 Å². The molecule has 0 N–H and O–H groups in total. The summed E-state index contributed by atoms with van der Waals surface area (Å²) in [4.78, 5) is 14.4. The first-order valence-corrected chi connectivity index (χ1v) is 12.0. The number of sulfonamides is 1. The van der Waals surface area contributed by atoms with Crippen molar-refractivity contribution < 1.29 is 22.7 Å². The number of carbonyl (C=O) groups is 1. The molecule has 1 amide bonds. The Kier molecular flexibility index (Phi) is 6.62. The van der Waals surface area contributed by atoms with Crippen LogP contribution in [-0.4, -0.2) is 62.9 Å². The average molecular weight is 455 g/mol. The number of piperazine rings is 1. The molecule has 0 bridgehead atoms. The Balaban J connectivity index is 1.33. The smallest absolute Gasteiger partial charge is 0.260 e. The van der Waals surface area contributed by atoms with Gasteiger partial charge in [-0.2, -0.15) is 4.31 Å². The second-order valence-corrected chi connectivity index (χ2v) is 9.42. The quantitative estimate of drug-likeness (QED) is 0.548. The zero-order valence-corrected chi connectivity index (χ0v) is 18.8. The first-order valence-electron chi connectivity index (χ1n) is 10.6. The molecule has 0 unspecified atom stereocenters. The summed E-state index contributed by atoms with van der Waals surface area (Å²) in [7, 11) is -3.61. The van der Waals surface area contributed by atoms with Gasteiger partial charge >= 0.3 is 0 Å². The molecule has 7 nitrogen and oxygen atoms in total. The maximum Gasteiger partial charge on any atom is 0.260 e. The SMILES string of the molecule is CCOc1ccc(OCC(=O)N2CCN(S(=O)(=O)c3ccc4ccccc4c3)CC2)cc1. The number of amides is 1. The predicted molar refractivity (Wildman–Crippen MR) is 122 cm³/mol. The van der Waals surface area contributed by atoms with Crippen LogP contribution < -0.4 is 9.47 Å². The van der Waals surface area contributed by atoms with Crippen molar-refractivity contribution in [1.82, 2.24) is 9.21 Å². The molecule has 0 atom stereocenters. The Bertz CT molecular complexity index is 1190. The van der Waals surface area contributed by atoms with E-state index in [0.717, 1.165) is 16.5 Å². The lowest BCUT2D eigenvalue weighted by atomic mass is 10.1. The van der Waals surface area contributed by atoms with Gasteiger partial charge < -0.3 is 14.4 Å². The van der Waals surface area contributed by atoms with Crippen LogP contribution in [0, 0.1) is 0 Å². The van der Waals surface area contributed by atoms with E-state index in [2.05, 4.69) is 0 Å². The van der Waals surface area contributed by atoms with E-state index in [1.807, 2.05) is 37.3 Å². The fraction of sp³-hybridized carbons (Fsp3) is 0.292. The van der Waals surface area contributed by atoms with Crippen molar-refractivity contribution in [2.45, 2.75) is 11.8 Å². The second kappa shape index (κ2) is 9.58. The summed E-state index contributed by atoms with van der Waals surface area (Å²) in [5.74, 6) is 1.16. The summed E-state index contributed by atoms with van der Waals surface area (Å²) in [5, 5.41) is 1.88. The predicted octanol–water partition coefficient (Wildman–Crippen LogP) is 3.15. The Morgan fingerprint density at radius 1 is 0.844 bits per heavy atom. The molecule has 0 radical (unpaired) electrons. The molecule has 32 heavy (non-hydrogen) atoms. The Hall–Kier alpha value is -3.10. The molecule has 0 saturated carbocycles. The highest BCUT2D eigenvalue weighted by Crippen LogP contribution is 2.23. The molecule has 1 aliphatic rings. The molecule has 0 aliphatic carbocycles. The summed E-state index contributed by atoms with van der Waals surface area (Å²) in [6.45, 7) is 3.58. The number of ether oxygens (including phenoxy) is 2. The van der Waals surface area contributed by atoms with Gasteiger partial charge in [0.05, 0.1) is 11.5 Å². The van der Waals surface area contributed by atoms with Crippen LogP contribution in [0.1, 0.15) is 6.92 Å². The lowest BCUT2D eigenvalue weighted by Gasteiger charge is -2.34. The zero-order valence-electron chi connectivity index (χ0n) is 17.9. The molecule has 1 aliphatic heterocycles. The average Bonchev–Trinajstić information content (AvgIpc) is 2.83. The number of hydrogen-bond donors (Lipinski definition) is 0. The zero-order chi connectivity index (χ0) is 22.6. The van der Waals surface area contributed by atoms with E-state index in [4.69, 9.17) is 9.47 Å². The standard InChI is InChI=1S/C24H26N2O5S/c1-2-30-21-8-10-22(11-9-21)31-18-24(27)25-13-15-26(16-14-25)32(28,29)23-12-7-19-5-3-4-6-20(19)17-23/h3-12,17H,2,13-16,18H2,1H3. The highest BCUT2D eigenvalue weighted by Gasteiger charge is 2.30. The molecular formula is C24H26N2O5S. The van der Waals surface area contributed by atoms with Crippen LogP contribution >= 0.6 is 0 Å². The van der Waals surface area contributed by atoms with Crippen LogP contribution in [0.5, 0.6) is 11.5 Å². The van der Waals surface area contributed by atoms with Gasteiger partial charge in [0.25, 0.3) is 5.91 Å². The van der Waals surface area contributed by atoms with E-state index in [0.29, 0.717) is 25.4 Å². The largest absolute Gasteiger partial charge is 0.494 e. The molecule has 1 fully saturated rings. The minimum atomic E-state index is -3.61. The molecule has 4 rings (SSSR count). The van der Waals surface area contributed by atoms with Gasteiger partial charge in [-0.25, -0.2) is 8.42 Å². The number of benzene rings is 3. The van der Waals surface area contributed by atoms with Gasteiger partial charge in [0.15, 0.2) is 6.61 Å². The van der Waals surface area contributed by atoms with Crippen LogP contribution in [0.3, 0.4) is 0 Å². The van der Waals surface area contributed by atoms with Gasteiger partial charge in [0.2, 0.25) is 10.0 Å². The third-order valence-electron chi connectivity index (χ3n) is 5.45. The summed E-state index contributed by atoms with van der Waals surface area (Å²) >= 11 is 0. The third kappa shape index (κ3) is 4.87. The summed E-state index contributed by atoms with van der Waals surface area (Å²) in [5.41, 5.74) is 0. The van der Waals surface area contributed by atoms with E-state index in [9.17, 15) is 13.2 Å². The first-order chi connectivity index (χ1) is 15.5. The monoisotopic (exact) mass is 454 g/mol. The van der Waals surface area contributed by atoms with Crippen molar-refractivity contribution in [1.29, 1.82) is 0 Å². The van der Waals surface area contributed by atoms with Gasteiger partial charge in [0, 0.05) is 26.2 Å². The van der Waals surface area contributed by atoms with Gasteiger partial charge in [0.1, 0.15) is 11.5 Å². The van der Waals surface area contributed by atoms with Crippen molar-refractivity contribution in [2.24, 2.45) is 0 Å². The van der Waals surface area contributed by atoms with Crippen molar-refractivity contribution in [3.63, 3.8) is 0 Å². The molecule has 3 aromatic rings. The molecule has 1 saturated heterocycles. The summed E-state index contributed by atoms with van der Waals surface area (Å²) in [6, 6.07) is 19.9. The number of rotatable bonds is 7. The third-order valence-corrected chi connectivity index (χ3v) is 7.34. The van der Waals surface area contributed by atoms with Crippen LogP contribution in [0.15, 0.2) is 71.6 Å². The number of fused-ring (bicyclic) bond motifs is 1. The van der Waals surface area contributed by atoms with Crippen molar-refractivity contribution >= 4 is 26.7 Å². The van der Waals surface area contributed by atoms with Gasteiger partial charge in [-0.1, -0.05) is 30.3 Å². The topological polar surface area (TPSA) is 76.2 Å². The van der Waals surface area contributed by atoms with Gasteiger partial charge in [-0.15, -0.1) is 0 Å². The highest BCUT2D eigenvalue weighted by molar-refractivity contribution is 7.89. The Morgan fingerprint density at radius 2 is 1.47 bits per heavy atom. The minimum absolute atomic E-state index is 0.0919. The fourth-order valence-corrected chi connectivity index (χ4v) is 5.15. The lowest BCUT2D eigenvalue weighted by Crippen LogP contribution is -2.51. The van der Waals surface area contributed by atoms with Crippen molar-refractivity contribution in [3.05, 3.63) is 66.7 Å². The maximum absolute atomic E-state index is 13.1. The molecule has 8 heteroatoms. The first kappa shape index (κ1) is 22.1. The maximum atomic E-state index is 13.1. The molecule has 0 spiro atoms. The number of carbonyl (C=O) groups excluding carboxylic acids is 1. The Morgan fingerprint density at radius 3 is 2.12 bits per heavy atom. The van der Waals surface area contributed by atoms with E-state index in [-0.39, 0.29) is 30.5 Å². The van der Waals surface area contributed by atoms with E-state index < -0.39 is 10.0 Å². The highest BCUT2D eigenvalue weighted by atomic mass is 32.2. The normalized spacial score (nSPS) is 15.0. The van der Waals surface area contributed by atoms with Gasteiger partial charge in [-0.05, 0) is 54.1 Å². The van der Waals surface area contributed by atoms with Crippen LogP contribution in [0.25, 0.3) is 10.8 Å². The summed E-state index contributed by atoms with van der Waals surface area (Å²) < 4.78 is 38.6. The van der Waals surface area contributed by atoms with E-state index >= 15 is 0 Å². The second-order valence-electron chi connectivity index (χ2n) is 7.49. The number of nitrogens with zero attached hydrogens (tertiary/aromatic N) is 2. The van der Waals surface area contributed by atoms with Gasteiger partial charge in [-0.3, -0.25) is 4.79 Å². The molecular weight excluding hydrogens is 428 g/mol. The molecule has 1 heterocycles. The summed E-state index contributed by atoms with van der Waals surface area (Å²) in [6.07, 6.45) is 0. The molecule has 3 aromatic carbocycles. The lowest BCUT2D eigenvalue weighted by molar-refractivity contribution is -0.134.